The monoisotopic (exact) mass is 390 g/mol. The Morgan fingerprint density at radius 1 is 1.07 bits per heavy atom. The Hall–Kier alpha value is -2.99. The van der Waals surface area contributed by atoms with Crippen LogP contribution in [0.5, 0.6) is 0 Å². The summed E-state index contributed by atoms with van der Waals surface area (Å²) >= 11 is 1.54. The molecule has 0 aliphatic carbocycles. The molecule has 0 N–H and O–H groups in total. The molecule has 0 unspecified atom stereocenters. The van der Waals surface area contributed by atoms with Gasteiger partial charge in [-0.05, 0) is 50.6 Å². The summed E-state index contributed by atoms with van der Waals surface area (Å²) in [7, 11) is 0. The van der Waals surface area contributed by atoms with Gasteiger partial charge in [0.05, 0.1) is 21.6 Å². The van der Waals surface area contributed by atoms with Gasteiger partial charge in [0.25, 0.3) is 0 Å². The Morgan fingerprint density at radius 2 is 1.82 bits per heavy atom. The molecule has 0 aliphatic rings. The van der Waals surface area contributed by atoms with E-state index in [0.29, 0.717) is 18.1 Å². The molecule has 0 fully saturated rings. The van der Waals surface area contributed by atoms with Crippen LogP contribution in [0.25, 0.3) is 10.2 Å². The van der Waals surface area contributed by atoms with Crippen LogP contribution in [-0.4, -0.2) is 20.7 Å². The van der Waals surface area contributed by atoms with Gasteiger partial charge in [0.15, 0.2) is 5.13 Å². The predicted octanol–water partition coefficient (Wildman–Crippen LogP) is 5.17. The van der Waals surface area contributed by atoms with Gasteiger partial charge in [0, 0.05) is 18.7 Å². The average Bonchev–Trinajstić information content (AvgIpc) is 3.24. The molecule has 0 saturated heterocycles. The molecule has 0 aliphatic heterocycles. The van der Waals surface area contributed by atoms with Gasteiger partial charge in [0.2, 0.25) is 5.91 Å². The summed E-state index contributed by atoms with van der Waals surface area (Å²) in [5.41, 5.74) is 4.85. The molecule has 4 rings (SSSR count). The summed E-state index contributed by atoms with van der Waals surface area (Å²) in [4.78, 5) is 19.8. The van der Waals surface area contributed by atoms with Crippen molar-refractivity contribution in [2.45, 2.75) is 33.7 Å². The third-order valence-electron chi connectivity index (χ3n) is 4.72. The fourth-order valence-corrected chi connectivity index (χ4v) is 4.33. The second-order valence-electron chi connectivity index (χ2n) is 6.88. The summed E-state index contributed by atoms with van der Waals surface area (Å²) in [6.07, 6.45) is 0.353. The van der Waals surface area contributed by atoms with E-state index in [9.17, 15) is 4.79 Å². The number of thiazole rings is 1. The Morgan fingerprint density at radius 3 is 2.54 bits per heavy atom. The highest BCUT2D eigenvalue weighted by Crippen LogP contribution is 2.35. The summed E-state index contributed by atoms with van der Waals surface area (Å²) in [6, 6.07) is 17.9. The van der Waals surface area contributed by atoms with Gasteiger partial charge >= 0.3 is 0 Å². The van der Waals surface area contributed by atoms with E-state index in [0.717, 1.165) is 32.9 Å². The number of hydrogen-bond donors (Lipinski definition) is 0. The van der Waals surface area contributed by atoms with Crippen molar-refractivity contribution >= 4 is 38.3 Å². The Balaban J connectivity index is 1.69. The van der Waals surface area contributed by atoms with Gasteiger partial charge in [-0.1, -0.05) is 41.7 Å². The number of anilines is 2. The zero-order valence-electron chi connectivity index (χ0n) is 16.2. The van der Waals surface area contributed by atoms with Gasteiger partial charge < -0.3 is 0 Å². The molecule has 2 heterocycles. The van der Waals surface area contributed by atoms with Crippen LogP contribution in [0.15, 0.2) is 54.6 Å². The summed E-state index contributed by atoms with van der Waals surface area (Å²) in [6.45, 7) is 6.54. The second kappa shape index (κ2) is 7.56. The molecule has 5 nitrogen and oxygen atoms in total. The molecular formula is C22H22N4OS. The van der Waals surface area contributed by atoms with Crippen LogP contribution in [0.4, 0.5) is 10.8 Å². The second-order valence-corrected chi connectivity index (χ2v) is 7.89. The highest BCUT2D eigenvalue weighted by Gasteiger charge is 2.23. The number of benzene rings is 2. The van der Waals surface area contributed by atoms with Crippen LogP contribution in [0.3, 0.4) is 0 Å². The van der Waals surface area contributed by atoms with Gasteiger partial charge in [-0.25, -0.2) is 4.98 Å². The number of nitrogens with zero attached hydrogens (tertiary/aromatic N) is 4. The number of amides is 1. The fraction of sp³-hybridized carbons (Fsp3) is 0.227. The van der Waals surface area contributed by atoms with Crippen LogP contribution in [0.1, 0.15) is 23.4 Å². The highest BCUT2D eigenvalue weighted by atomic mass is 32.1. The first-order chi connectivity index (χ1) is 13.5. The first kappa shape index (κ1) is 18.4. The number of fused-ring (bicyclic) bond motifs is 1. The minimum atomic E-state index is 0.0147. The lowest BCUT2D eigenvalue weighted by Crippen LogP contribution is -2.27. The number of aromatic nitrogens is 3. The van der Waals surface area contributed by atoms with Gasteiger partial charge in [-0.2, -0.15) is 5.10 Å². The average molecular weight is 391 g/mol. The molecule has 4 aromatic rings. The van der Waals surface area contributed by atoms with Crippen molar-refractivity contribution < 1.29 is 4.79 Å². The van der Waals surface area contributed by atoms with Crippen molar-refractivity contribution in [3.8, 4) is 0 Å². The van der Waals surface area contributed by atoms with Crippen molar-refractivity contribution in [2.24, 2.45) is 0 Å². The maximum absolute atomic E-state index is 13.3. The molecule has 0 saturated carbocycles. The van der Waals surface area contributed by atoms with Gasteiger partial charge in [-0.3, -0.25) is 14.4 Å². The topological polar surface area (TPSA) is 51.0 Å². The van der Waals surface area contributed by atoms with E-state index in [1.165, 1.54) is 11.3 Å². The largest absolute Gasteiger partial charge is 0.274 e. The van der Waals surface area contributed by atoms with Gasteiger partial charge in [0.1, 0.15) is 0 Å². The van der Waals surface area contributed by atoms with Crippen LogP contribution in [-0.2, 0) is 11.3 Å². The number of carbonyl (C=O) groups is 1. The van der Waals surface area contributed by atoms with E-state index < -0.39 is 0 Å². The minimum absolute atomic E-state index is 0.0147. The molecule has 0 atom stereocenters. The van der Waals surface area contributed by atoms with E-state index in [-0.39, 0.29) is 5.91 Å². The smallest absolute Gasteiger partial charge is 0.235 e. The van der Waals surface area contributed by atoms with E-state index >= 15 is 0 Å². The SMILES string of the molecule is Cc1cc(C)n(CCC(=O)N(c2nc3ccccc3s2)c2ccccc2C)n1. The molecule has 0 radical (unpaired) electrons. The first-order valence-electron chi connectivity index (χ1n) is 9.28. The maximum atomic E-state index is 13.3. The Labute approximate surface area is 168 Å². The molecule has 6 heteroatoms. The third-order valence-corrected chi connectivity index (χ3v) is 5.74. The van der Waals surface area contributed by atoms with E-state index in [2.05, 4.69) is 5.10 Å². The van der Waals surface area contributed by atoms with Crippen molar-refractivity contribution in [3.05, 3.63) is 71.5 Å². The number of carbonyl (C=O) groups excluding carboxylic acids is 1. The standard InChI is InChI=1S/C22H22N4OS/c1-15-8-4-6-10-19(15)26(22-23-18-9-5-7-11-20(18)28-22)21(27)12-13-25-17(3)14-16(2)24-25/h4-11,14H,12-13H2,1-3H3. The molecular weight excluding hydrogens is 368 g/mol. The summed E-state index contributed by atoms with van der Waals surface area (Å²) < 4.78 is 2.96. The van der Waals surface area contributed by atoms with E-state index in [4.69, 9.17) is 4.98 Å². The van der Waals surface area contributed by atoms with Crippen LogP contribution in [0.2, 0.25) is 0 Å². The highest BCUT2D eigenvalue weighted by molar-refractivity contribution is 7.22. The van der Waals surface area contributed by atoms with Crippen molar-refractivity contribution in [3.63, 3.8) is 0 Å². The van der Waals surface area contributed by atoms with Crippen molar-refractivity contribution in [1.82, 2.24) is 14.8 Å². The lowest BCUT2D eigenvalue weighted by molar-refractivity contribution is -0.118. The fourth-order valence-electron chi connectivity index (χ4n) is 3.33. The molecule has 1 amide bonds. The van der Waals surface area contributed by atoms with E-state index in [1.807, 2.05) is 80.1 Å². The zero-order valence-corrected chi connectivity index (χ0v) is 17.0. The minimum Gasteiger partial charge on any atom is -0.274 e. The lowest BCUT2D eigenvalue weighted by atomic mass is 10.2. The zero-order chi connectivity index (χ0) is 19.7. The van der Waals surface area contributed by atoms with E-state index in [1.54, 1.807) is 4.90 Å². The van der Waals surface area contributed by atoms with Crippen molar-refractivity contribution in [2.75, 3.05) is 4.90 Å². The predicted molar refractivity (Wildman–Crippen MR) is 114 cm³/mol. The number of rotatable bonds is 5. The van der Waals surface area contributed by atoms with Crippen LogP contribution < -0.4 is 4.90 Å². The van der Waals surface area contributed by atoms with Crippen LogP contribution >= 0.6 is 11.3 Å². The quantitative estimate of drug-likeness (QED) is 0.472. The lowest BCUT2D eigenvalue weighted by Gasteiger charge is -2.22. The molecule has 0 spiro atoms. The van der Waals surface area contributed by atoms with Crippen LogP contribution in [0, 0.1) is 20.8 Å². The summed E-state index contributed by atoms with van der Waals surface area (Å²) in [5.74, 6) is 0.0147. The van der Waals surface area contributed by atoms with Crippen molar-refractivity contribution in [1.29, 1.82) is 0 Å². The Kier molecular flexibility index (Phi) is 4.96. The molecule has 28 heavy (non-hydrogen) atoms. The normalized spacial score (nSPS) is 11.1. The summed E-state index contributed by atoms with van der Waals surface area (Å²) in [5, 5.41) is 5.17. The molecule has 2 aromatic heterocycles. The Bertz CT molecular complexity index is 1110. The third kappa shape index (κ3) is 3.55. The molecule has 0 bridgehead atoms. The number of para-hydroxylation sites is 2. The van der Waals surface area contributed by atoms with Gasteiger partial charge in [-0.15, -0.1) is 0 Å². The molecule has 142 valence electrons. The maximum Gasteiger partial charge on any atom is 0.235 e. The number of hydrogen-bond acceptors (Lipinski definition) is 4. The first-order valence-corrected chi connectivity index (χ1v) is 10.1. The molecule has 2 aromatic carbocycles. The number of aryl methyl sites for hydroxylation is 4.